The van der Waals surface area contributed by atoms with E-state index in [0.717, 1.165) is 6.20 Å². The summed E-state index contributed by atoms with van der Waals surface area (Å²) in [4.78, 5) is 13.5. The minimum atomic E-state index is -1.34. The molecule has 0 unspecified atom stereocenters. The van der Waals surface area contributed by atoms with Crippen LogP contribution in [0.4, 0.5) is 5.69 Å². The van der Waals surface area contributed by atoms with Gasteiger partial charge >= 0.3 is 0 Å². The number of nitro groups is 1. The lowest BCUT2D eigenvalue weighted by molar-refractivity contribution is -0.385. The van der Waals surface area contributed by atoms with Gasteiger partial charge < -0.3 is 24.8 Å². The van der Waals surface area contributed by atoms with E-state index in [-0.39, 0.29) is 11.6 Å². The number of aromatic nitrogens is 1. The molecule has 0 aromatic carbocycles. The summed E-state index contributed by atoms with van der Waals surface area (Å²) in [6, 6.07) is 2.43. The number of nitrogens with zero attached hydrogens (tertiary/aromatic N) is 2. The number of rotatable bonds is 4. The first-order valence-corrected chi connectivity index (χ1v) is 5.42. The van der Waals surface area contributed by atoms with Gasteiger partial charge in [0.15, 0.2) is 0 Å². The van der Waals surface area contributed by atoms with E-state index < -0.39 is 36.1 Å². The van der Waals surface area contributed by atoms with Crippen LogP contribution in [-0.2, 0) is 4.74 Å². The van der Waals surface area contributed by atoms with Gasteiger partial charge in [-0.2, -0.15) is 0 Å². The Kier molecular flexibility index (Phi) is 3.90. The van der Waals surface area contributed by atoms with Crippen molar-refractivity contribution in [3.05, 3.63) is 28.4 Å². The second kappa shape index (κ2) is 5.45. The van der Waals surface area contributed by atoms with Crippen molar-refractivity contribution in [2.45, 2.75) is 24.6 Å². The second-order valence-corrected chi connectivity index (χ2v) is 3.94. The maximum absolute atomic E-state index is 10.4. The molecular weight excluding hydrogens is 260 g/mol. The Bertz CT molecular complexity index is 452. The van der Waals surface area contributed by atoms with Crippen LogP contribution < -0.4 is 4.74 Å². The van der Waals surface area contributed by atoms with Crippen LogP contribution in [0.25, 0.3) is 0 Å². The molecule has 19 heavy (non-hydrogen) atoms. The van der Waals surface area contributed by atoms with Gasteiger partial charge in [-0.15, -0.1) is 0 Å². The number of hydrogen-bond donors (Lipinski definition) is 3. The minimum absolute atomic E-state index is 0.000407. The molecule has 1 saturated heterocycles. The lowest BCUT2D eigenvalue weighted by atomic mass is 10.1. The Hall–Kier alpha value is -1.81. The Morgan fingerprint density at radius 2 is 2.16 bits per heavy atom. The smallest absolute Gasteiger partial charge is 0.287 e. The molecule has 1 aromatic heterocycles. The number of pyridine rings is 1. The fourth-order valence-electron chi connectivity index (χ4n) is 1.63. The van der Waals surface area contributed by atoms with E-state index in [9.17, 15) is 20.3 Å². The first kappa shape index (κ1) is 13.6. The van der Waals surface area contributed by atoms with Crippen LogP contribution in [-0.4, -0.2) is 56.4 Å². The normalized spacial score (nSPS) is 30.3. The molecule has 2 rings (SSSR count). The maximum Gasteiger partial charge on any atom is 0.287 e. The monoisotopic (exact) mass is 272 g/mol. The zero-order chi connectivity index (χ0) is 14.0. The molecule has 9 heteroatoms. The zero-order valence-corrected chi connectivity index (χ0v) is 9.62. The van der Waals surface area contributed by atoms with Gasteiger partial charge in [0.25, 0.3) is 5.69 Å². The molecule has 9 nitrogen and oxygen atoms in total. The van der Waals surface area contributed by atoms with Crippen molar-refractivity contribution in [3.8, 4) is 5.88 Å². The first-order valence-electron chi connectivity index (χ1n) is 5.42. The summed E-state index contributed by atoms with van der Waals surface area (Å²) < 4.78 is 10.2. The van der Waals surface area contributed by atoms with Crippen LogP contribution >= 0.6 is 0 Å². The summed E-state index contributed by atoms with van der Waals surface area (Å²) >= 11 is 0. The molecule has 1 aliphatic heterocycles. The van der Waals surface area contributed by atoms with Crippen molar-refractivity contribution < 1.29 is 29.7 Å². The van der Waals surface area contributed by atoms with Crippen LogP contribution in [0.2, 0.25) is 0 Å². The maximum atomic E-state index is 10.4. The topological polar surface area (TPSA) is 135 Å². The molecule has 0 spiro atoms. The molecule has 0 bridgehead atoms. The van der Waals surface area contributed by atoms with Crippen LogP contribution in [0.1, 0.15) is 0 Å². The molecule has 0 aliphatic carbocycles. The third kappa shape index (κ3) is 2.79. The fraction of sp³-hybridized carbons (Fsp3) is 0.500. The van der Waals surface area contributed by atoms with Crippen molar-refractivity contribution in [3.63, 3.8) is 0 Å². The SMILES string of the molecule is O=[N+]([O-])c1ccc(O[C@@H]2O[C@H](CO)[C@@H](O)[C@H]2O)nc1. The predicted molar refractivity (Wildman–Crippen MR) is 59.3 cm³/mol. The first-order chi connectivity index (χ1) is 9.02. The quantitative estimate of drug-likeness (QED) is 0.459. The van der Waals surface area contributed by atoms with Gasteiger partial charge in [0.2, 0.25) is 12.2 Å². The van der Waals surface area contributed by atoms with E-state index >= 15 is 0 Å². The summed E-state index contributed by atoms with van der Waals surface area (Å²) in [6.45, 7) is -0.466. The lowest BCUT2D eigenvalue weighted by Gasteiger charge is -2.15. The van der Waals surface area contributed by atoms with E-state index in [4.69, 9.17) is 14.6 Å². The molecule has 0 amide bonds. The molecule has 4 atom stereocenters. The molecule has 104 valence electrons. The third-order valence-corrected chi connectivity index (χ3v) is 2.67. The van der Waals surface area contributed by atoms with Crippen molar-refractivity contribution >= 4 is 5.69 Å². The number of aliphatic hydroxyl groups is 3. The molecule has 1 aromatic rings. The predicted octanol–water partition coefficient (Wildman–Crippen LogP) is -1.19. The summed E-state index contributed by atoms with van der Waals surface area (Å²) in [7, 11) is 0. The highest BCUT2D eigenvalue weighted by molar-refractivity contribution is 5.28. The fourth-order valence-corrected chi connectivity index (χ4v) is 1.63. The third-order valence-electron chi connectivity index (χ3n) is 2.67. The van der Waals surface area contributed by atoms with E-state index in [1.54, 1.807) is 0 Å². The second-order valence-electron chi connectivity index (χ2n) is 3.94. The van der Waals surface area contributed by atoms with Gasteiger partial charge in [0.1, 0.15) is 24.5 Å². The van der Waals surface area contributed by atoms with Gasteiger partial charge in [-0.05, 0) is 0 Å². The van der Waals surface area contributed by atoms with Crippen molar-refractivity contribution in [2.75, 3.05) is 6.61 Å². The van der Waals surface area contributed by atoms with Gasteiger partial charge in [0, 0.05) is 12.1 Å². The van der Waals surface area contributed by atoms with Crippen LogP contribution in [0.3, 0.4) is 0 Å². The largest absolute Gasteiger partial charge is 0.445 e. The Morgan fingerprint density at radius 1 is 1.42 bits per heavy atom. The van der Waals surface area contributed by atoms with Crippen molar-refractivity contribution in [1.82, 2.24) is 4.98 Å². The molecule has 0 saturated carbocycles. The summed E-state index contributed by atoms with van der Waals surface area (Å²) in [5.41, 5.74) is -0.200. The van der Waals surface area contributed by atoms with E-state index in [0.29, 0.717) is 0 Å². The molecule has 1 aliphatic rings. The Balaban J connectivity index is 2.03. The van der Waals surface area contributed by atoms with Crippen molar-refractivity contribution in [1.29, 1.82) is 0 Å². The summed E-state index contributed by atoms with van der Waals surface area (Å²) in [6.07, 6.45) is -3.75. The highest BCUT2D eigenvalue weighted by atomic mass is 16.7. The Morgan fingerprint density at radius 3 is 2.63 bits per heavy atom. The van der Waals surface area contributed by atoms with E-state index in [2.05, 4.69) is 4.98 Å². The molecule has 2 heterocycles. The number of aliphatic hydroxyl groups excluding tert-OH is 3. The van der Waals surface area contributed by atoms with Gasteiger partial charge in [0.05, 0.1) is 11.5 Å². The van der Waals surface area contributed by atoms with Crippen LogP contribution in [0, 0.1) is 10.1 Å². The van der Waals surface area contributed by atoms with Crippen LogP contribution in [0.5, 0.6) is 5.88 Å². The number of hydrogen-bond acceptors (Lipinski definition) is 8. The van der Waals surface area contributed by atoms with Crippen LogP contribution in [0.15, 0.2) is 18.3 Å². The summed E-state index contributed by atoms with van der Waals surface area (Å²) in [5.74, 6) is 0.000407. The molecule has 1 fully saturated rings. The van der Waals surface area contributed by atoms with E-state index in [1.807, 2.05) is 0 Å². The highest BCUT2D eigenvalue weighted by Gasteiger charge is 2.44. The standard InChI is InChI=1S/C10H12N2O7/c13-4-6-8(14)9(15)10(18-6)19-7-2-1-5(3-11-7)12(16)17/h1-3,6,8-10,13-15H,4H2/t6-,8-,9-,10+/m1/s1. The van der Waals surface area contributed by atoms with E-state index in [1.165, 1.54) is 12.1 Å². The highest BCUT2D eigenvalue weighted by Crippen LogP contribution is 2.24. The lowest BCUT2D eigenvalue weighted by Crippen LogP contribution is -2.35. The number of ether oxygens (including phenoxy) is 2. The Labute approximate surface area is 107 Å². The minimum Gasteiger partial charge on any atom is -0.445 e. The molecule has 3 N–H and O–H groups in total. The molecular formula is C10H12N2O7. The zero-order valence-electron chi connectivity index (χ0n) is 9.62. The summed E-state index contributed by atoms with van der Waals surface area (Å²) in [5, 5.41) is 38.4. The average molecular weight is 272 g/mol. The van der Waals surface area contributed by atoms with Gasteiger partial charge in [-0.25, -0.2) is 4.98 Å². The van der Waals surface area contributed by atoms with Gasteiger partial charge in [-0.3, -0.25) is 10.1 Å². The van der Waals surface area contributed by atoms with Crippen molar-refractivity contribution in [2.24, 2.45) is 0 Å². The average Bonchev–Trinajstić information content (AvgIpc) is 2.67. The van der Waals surface area contributed by atoms with Gasteiger partial charge in [-0.1, -0.05) is 0 Å². The molecule has 0 radical (unpaired) electrons.